The van der Waals surface area contributed by atoms with Crippen LogP contribution in [0.2, 0.25) is 0 Å². The second kappa shape index (κ2) is 13.4. The number of sulfonamides is 2. The molecule has 3 heterocycles. The van der Waals surface area contributed by atoms with Gasteiger partial charge in [-0.3, -0.25) is 9.29 Å². The highest BCUT2D eigenvalue weighted by molar-refractivity contribution is 7.92. The Morgan fingerprint density at radius 2 is 1.71 bits per heavy atom. The molecule has 0 saturated carbocycles. The molecule has 0 spiro atoms. The first-order valence-corrected chi connectivity index (χ1v) is 16.3. The van der Waals surface area contributed by atoms with Gasteiger partial charge in [-0.2, -0.15) is 0 Å². The van der Waals surface area contributed by atoms with Crippen molar-refractivity contribution in [2.24, 2.45) is 5.14 Å². The highest BCUT2D eigenvalue weighted by atomic mass is 32.2. The van der Waals surface area contributed by atoms with E-state index in [0.29, 0.717) is 35.3 Å². The third-order valence-electron chi connectivity index (χ3n) is 6.49. The zero-order valence-corrected chi connectivity index (χ0v) is 26.0. The Hall–Kier alpha value is -3.83. The van der Waals surface area contributed by atoms with Gasteiger partial charge in [0.25, 0.3) is 0 Å². The number of anilines is 1. The van der Waals surface area contributed by atoms with Crippen LogP contribution >= 0.6 is 0 Å². The molecule has 4 rings (SSSR count). The molecule has 232 valence electrons. The number of carbonyl (C=O) groups excluding carboxylic acids is 1. The van der Waals surface area contributed by atoms with Gasteiger partial charge in [0.2, 0.25) is 31.8 Å². The molecule has 42 heavy (non-hydrogen) atoms. The summed E-state index contributed by atoms with van der Waals surface area (Å²) in [7, 11) is -2.39. The molecule has 3 N–H and O–H groups in total. The zero-order valence-electron chi connectivity index (χ0n) is 24.4. The van der Waals surface area contributed by atoms with E-state index in [2.05, 4.69) is 20.1 Å². The van der Waals surface area contributed by atoms with Gasteiger partial charge in [-0.25, -0.2) is 26.8 Å². The van der Waals surface area contributed by atoms with Crippen LogP contribution in [0.3, 0.4) is 0 Å². The number of urea groups is 1. The SMILES string of the molecule is CCS(N)(=O)=O.COc1cccc(OC)c1-n1c(NS(=O)(=O)CCN2C(=O)N(C)CC[C@@H]2C)nnc1-c1ccc(C)o1. The lowest BCUT2D eigenvalue weighted by molar-refractivity contribution is 0.118. The number of aryl methyl sites for hydroxylation is 1. The van der Waals surface area contributed by atoms with Crippen molar-refractivity contribution in [3.05, 3.63) is 36.1 Å². The first-order valence-electron chi connectivity index (χ1n) is 13.0. The van der Waals surface area contributed by atoms with Crippen LogP contribution in [0.5, 0.6) is 11.5 Å². The summed E-state index contributed by atoms with van der Waals surface area (Å²) in [5, 5.41) is 12.8. The number of nitrogens with zero attached hydrogens (tertiary/aromatic N) is 5. The molecule has 0 aliphatic carbocycles. The fourth-order valence-electron chi connectivity index (χ4n) is 4.09. The number of nitrogens with two attached hydrogens (primary N) is 1. The van der Waals surface area contributed by atoms with Gasteiger partial charge in [0.15, 0.2) is 5.76 Å². The molecule has 2 amide bonds. The Bertz CT molecular complexity index is 1580. The van der Waals surface area contributed by atoms with E-state index < -0.39 is 20.0 Å². The minimum Gasteiger partial charge on any atom is -0.494 e. The molecule has 3 aromatic rings. The van der Waals surface area contributed by atoms with Crippen molar-refractivity contribution in [2.45, 2.75) is 33.2 Å². The second-order valence-electron chi connectivity index (χ2n) is 9.51. The molecular formula is C25H37N7O8S2. The van der Waals surface area contributed by atoms with E-state index in [-0.39, 0.29) is 41.9 Å². The number of nitrogens with one attached hydrogen (secondary N) is 1. The van der Waals surface area contributed by atoms with Crippen LogP contribution in [0.4, 0.5) is 10.7 Å². The Labute approximate surface area is 245 Å². The maximum atomic E-state index is 13.2. The molecule has 1 atom stereocenters. The molecule has 1 fully saturated rings. The number of para-hydroxylation sites is 1. The van der Waals surface area contributed by atoms with Crippen LogP contribution in [0.25, 0.3) is 17.3 Å². The van der Waals surface area contributed by atoms with Crippen LogP contribution in [-0.2, 0) is 20.0 Å². The van der Waals surface area contributed by atoms with Crippen molar-refractivity contribution >= 4 is 32.0 Å². The molecule has 0 radical (unpaired) electrons. The van der Waals surface area contributed by atoms with Crippen molar-refractivity contribution in [3.63, 3.8) is 0 Å². The van der Waals surface area contributed by atoms with E-state index in [4.69, 9.17) is 13.9 Å². The van der Waals surface area contributed by atoms with Crippen molar-refractivity contribution in [2.75, 3.05) is 50.6 Å². The molecule has 1 aliphatic rings. The number of aromatic nitrogens is 3. The highest BCUT2D eigenvalue weighted by Crippen LogP contribution is 2.38. The maximum Gasteiger partial charge on any atom is 0.320 e. The third kappa shape index (κ3) is 7.92. The topological polar surface area (TPSA) is 192 Å². The number of methoxy groups -OCH3 is 2. The van der Waals surface area contributed by atoms with Crippen molar-refractivity contribution in [1.82, 2.24) is 24.6 Å². The second-order valence-corrected chi connectivity index (χ2v) is 13.3. The Balaban J connectivity index is 0.000000730. The lowest BCUT2D eigenvalue weighted by Crippen LogP contribution is -2.53. The average molecular weight is 628 g/mol. The van der Waals surface area contributed by atoms with E-state index in [0.717, 1.165) is 6.42 Å². The molecule has 1 aromatic carbocycles. The molecule has 15 nitrogen and oxygen atoms in total. The minimum atomic E-state index is -3.93. The average Bonchev–Trinajstić information content (AvgIpc) is 3.55. The molecule has 2 aromatic heterocycles. The monoisotopic (exact) mass is 627 g/mol. The van der Waals surface area contributed by atoms with E-state index >= 15 is 0 Å². The number of hydrogen-bond donors (Lipinski definition) is 2. The molecule has 0 bridgehead atoms. The van der Waals surface area contributed by atoms with Gasteiger partial charge < -0.3 is 23.7 Å². The molecule has 0 unspecified atom stereocenters. The van der Waals surface area contributed by atoms with Gasteiger partial charge >= 0.3 is 6.03 Å². The number of amides is 2. The summed E-state index contributed by atoms with van der Waals surface area (Å²) in [6.45, 7) is 5.87. The standard InChI is InChI=1S/C23H30N6O6S.C2H7NO2S/c1-15-11-12-27(3)23(30)28(15)13-14-36(31,32)26-22-25-24-21(19-10-9-16(2)35-19)29(22)20-17(33-4)7-6-8-18(20)34-5;1-2-6(3,4)5/h6-10,15H,11-14H2,1-5H3,(H,25,26);2H2,1H3,(H2,3,4,5)/t15-;/m0./s1. The largest absolute Gasteiger partial charge is 0.494 e. The lowest BCUT2D eigenvalue weighted by Gasteiger charge is -2.38. The Kier molecular flexibility index (Phi) is 10.5. The molecule has 1 aliphatic heterocycles. The number of hydrogen-bond acceptors (Lipinski definition) is 10. The van der Waals surface area contributed by atoms with Crippen molar-refractivity contribution < 1.29 is 35.5 Å². The van der Waals surface area contributed by atoms with Crippen LogP contribution in [0.15, 0.2) is 34.7 Å². The summed E-state index contributed by atoms with van der Waals surface area (Å²) in [4.78, 5) is 15.7. The van der Waals surface area contributed by atoms with Crippen LogP contribution < -0.4 is 19.3 Å². The van der Waals surface area contributed by atoms with Crippen LogP contribution in [0.1, 0.15) is 26.0 Å². The van der Waals surface area contributed by atoms with Gasteiger partial charge in [-0.05, 0) is 51.5 Å². The molecule has 1 saturated heterocycles. The van der Waals surface area contributed by atoms with E-state index in [1.807, 2.05) is 6.92 Å². The quantitative estimate of drug-likeness (QED) is 0.336. The summed E-state index contributed by atoms with van der Waals surface area (Å²) < 4.78 is 66.7. The first kappa shape index (κ1) is 32.7. The summed E-state index contributed by atoms with van der Waals surface area (Å²) in [5.74, 6) is 1.75. The predicted molar refractivity (Wildman–Crippen MR) is 157 cm³/mol. The molecule has 17 heteroatoms. The van der Waals surface area contributed by atoms with Gasteiger partial charge in [0.05, 0.1) is 25.7 Å². The van der Waals surface area contributed by atoms with Gasteiger partial charge in [-0.1, -0.05) is 6.07 Å². The normalized spacial score (nSPS) is 15.7. The highest BCUT2D eigenvalue weighted by Gasteiger charge is 2.31. The summed E-state index contributed by atoms with van der Waals surface area (Å²) in [6, 6.07) is 8.42. The van der Waals surface area contributed by atoms with Crippen molar-refractivity contribution in [3.8, 4) is 28.8 Å². The predicted octanol–water partition coefficient (Wildman–Crippen LogP) is 2.04. The molecular weight excluding hydrogens is 590 g/mol. The van der Waals surface area contributed by atoms with Gasteiger partial charge in [0.1, 0.15) is 22.9 Å². The Morgan fingerprint density at radius 1 is 1.10 bits per heavy atom. The zero-order chi connectivity index (χ0) is 31.2. The number of rotatable bonds is 10. The van der Waals surface area contributed by atoms with E-state index in [1.165, 1.54) is 25.7 Å². The minimum absolute atomic E-state index is 0.0208. The third-order valence-corrected chi connectivity index (χ3v) is 8.50. The summed E-state index contributed by atoms with van der Waals surface area (Å²) in [6.07, 6.45) is 0.767. The summed E-state index contributed by atoms with van der Waals surface area (Å²) >= 11 is 0. The fourth-order valence-corrected chi connectivity index (χ4v) is 5.04. The lowest BCUT2D eigenvalue weighted by atomic mass is 10.1. The van der Waals surface area contributed by atoms with E-state index in [9.17, 15) is 21.6 Å². The number of benzene rings is 1. The number of ether oxygens (including phenoxy) is 2. The maximum absolute atomic E-state index is 13.2. The summed E-state index contributed by atoms with van der Waals surface area (Å²) in [5.41, 5.74) is 0.399. The van der Waals surface area contributed by atoms with Gasteiger partial charge in [0, 0.05) is 26.2 Å². The van der Waals surface area contributed by atoms with E-state index in [1.54, 1.807) is 54.1 Å². The van der Waals surface area contributed by atoms with Crippen LogP contribution in [0, 0.1) is 6.92 Å². The van der Waals surface area contributed by atoms with Gasteiger partial charge in [-0.15, -0.1) is 10.2 Å². The number of carbonyl (C=O) groups is 1. The fraction of sp³-hybridized carbons (Fsp3) is 0.480. The van der Waals surface area contributed by atoms with Crippen molar-refractivity contribution in [1.29, 1.82) is 0 Å². The number of furan rings is 1. The Morgan fingerprint density at radius 3 is 2.24 bits per heavy atom. The smallest absolute Gasteiger partial charge is 0.320 e. The van der Waals surface area contributed by atoms with Crippen LogP contribution in [-0.4, -0.2) is 99.3 Å². The number of primary sulfonamides is 1. The first-order chi connectivity index (χ1) is 19.7.